The minimum Gasteiger partial charge on any atom is -0.384 e. The Morgan fingerprint density at radius 2 is 1.96 bits per heavy atom. The van der Waals surface area contributed by atoms with Crippen molar-refractivity contribution in [1.29, 1.82) is 0 Å². The zero-order valence-corrected chi connectivity index (χ0v) is 15.2. The fourth-order valence-corrected chi connectivity index (χ4v) is 3.97. The van der Waals surface area contributed by atoms with Crippen molar-refractivity contribution < 1.29 is 9.53 Å². The number of pyridine rings is 1. The van der Waals surface area contributed by atoms with Gasteiger partial charge in [-0.3, -0.25) is 4.79 Å². The molecule has 0 radical (unpaired) electrons. The molecular formula is C21H25N3O2. The monoisotopic (exact) mass is 351 g/mol. The van der Waals surface area contributed by atoms with Gasteiger partial charge in [-0.05, 0) is 48.9 Å². The zero-order chi connectivity index (χ0) is 17.9. The minimum absolute atomic E-state index is 0.0350. The molecule has 5 nitrogen and oxygen atoms in total. The van der Waals surface area contributed by atoms with Crippen LogP contribution in [0.15, 0.2) is 42.6 Å². The smallest absolute Gasteiger partial charge is 0.259 e. The quantitative estimate of drug-likeness (QED) is 0.849. The molecule has 3 heterocycles. The molecule has 2 aliphatic rings. The molecular weight excluding hydrogens is 326 g/mol. The lowest BCUT2D eigenvalue weighted by atomic mass is 9.98. The number of carbonyl (C=O) groups is 1. The summed E-state index contributed by atoms with van der Waals surface area (Å²) in [5.74, 6) is 1.64. The highest BCUT2D eigenvalue weighted by atomic mass is 16.5. The molecule has 1 aromatic heterocycles. The van der Waals surface area contributed by atoms with Crippen molar-refractivity contribution in [1.82, 2.24) is 4.98 Å². The summed E-state index contributed by atoms with van der Waals surface area (Å²) in [6.07, 6.45) is 4.89. The maximum Gasteiger partial charge on any atom is 0.259 e. The average molecular weight is 351 g/mol. The first-order chi connectivity index (χ1) is 12.8. The number of piperidine rings is 1. The first kappa shape index (κ1) is 17.0. The molecule has 0 bridgehead atoms. The number of para-hydroxylation sites is 1. The van der Waals surface area contributed by atoms with Crippen LogP contribution in [0, 0.1) is 5.92 Å². The molecule has 0 atom stereocenters. The van der Waals surface area contributed by atoms with Crippen LogP contribution in [0.1, 0.15) is 28.8 Å². The third-order valence-electron chi connectivity index (χ3n) is 5.47. The Labute approximate surface area is 154 Å². The van der Waals surface area contributed by atoms with Gasteiger partial charge in [0.05, 0.1) is 5.56 Å². The summed E-state index contributed by atoms with van der Waals surface area (Å²) in [7, 11) is 1.77. The topological polar surface area (TPSA) is 45.7 Å². The summed E-state index contributed by atoms with van der Waals surface area (Å²) < 4.78 is 5.26. The molecule has 26 heavy (non-hydrogen) atoms. The molecule has 5 heteroatoms. The van der Waals surface area contributed by atoms with Crippen LogP contribution in [-0.4, -0.2) is 44.2 Å². The van der Waals surface area contributed by atoms with E-state index in [-0.39, 0.29) is 5.91 Å². The van der Waals surface area contributed by atoms with Gasteiger partial charge in [0, 0.05) is 45.2 Å². The van der Waals surface area contributed by atoms with E-state index >= 15 is 0 Å². The van der Waals surface area contributed by atoms with Gasteiger partial charge in [0.2, 0.25) is 0 Å². The molecule has 0 N–H and O–H groups in total. The summed E-state index contributed by atoms with van der Waals surface area (Å²) >= 11 is 0. The third-order valence-corrected chi connectivity index (χ3v) is 5.47. The first-order valence-corrected chi connectivity index (χ1v) is 9.36. The van der Waals surface area contributed by atoms with E-state index in [0.29, 0.717) is 11.5 Å². The summed E-state index contributed by atoms with van der Waals surface area (Å²) in [4.78, 5) is 21.6. The number of carbonyl (C=O) groups excluding carboxylic acids is 1. The van der Waals surface area contributed by atoms with Crippen molar-refractivity contribution in [3.8, 4) is 0 Å². The molecule has 0 spiro atoms. The number of aromatic nitrogens is 1. The Morgan fingerprint density at radius 1 is 1.15 bits per heavy atom. The second kappa shape index (κ2) is 7.46. The number of methoxy groups -OCH3 is 1. The maximum absolute atomic E-state index is 12.9. The van der Waals surface area contributed by atoms with Crippen molar-refractivity contribution in [2.45, 2.75) is 19.3 Å². The Bertz CT molecular complexity index is 767. The SMILES string of the molecule is COCC1CCN(c2ccc(C(=O)N3CCc4ccccc43)cn2)CC1. The fraction of sp³-hybridized carbons (Fsp3) is 0.429. The van der Waals surface area contributed by atoms with Crippen LogP contribution in [0.4, 0.5) is 11.5 Å². The van der Waals surface area contributed by atoms with Crippen molar-refractivity contribution in [2.24, 2.45) is 5.92 Å². The molecule has 1 fully saturated rings. The lowest BCUT2D eigenvalue weighted by Gasteiger charge is -2.32. The van der Waals surface area contributed by atoms with Crippen molar-refractivity contribution in [2.75, 3.05) is 43.2 Å². The first-order valence-electron chi connectivity index (χ1n) is 9.36. The van der Waals surface area contributed by atoms with Gasteiger partial charge < -0.3 is 14.5 Å². The van der Waals surface area contributed by atoms with Crippen LogP contribution >= 0.6 is 0 Å². The highest BCUT2D eigenvalue weighted by Crippen LogP contribution is 2.29. The number of nitrogens with zero attached hydrogens (tertiary/aromatic N) is 3. The highest BCUT2D eigenvalue weighted by Gasteiger charge is 2.26. The molecule has 1 saturated heterocycles. The standard InChI is InChI=1S/C21H25N3O2/c1-26-15-16-8-11-23(12-9-16)20-7-6-18(14-22-20)21(25)24-13-10-17-4-2-3-5-19(17)24/h2-7,14,16H,8-13,15H2,1H3. The largest absolute Gasteiger partial charge is 0.384 e. The molecule has 0 aliphatic carbocycles. The van der Waals surface area contributed by atoms with Crippen LogP contribution in [0.25, 0.3) is 0 Å². The minimum atomic E-state index is 0.0350. The number of anilines is 2. The molecule has 4 rings (SSSR count). The van der Waals surface area contributed by atoms with Crippen LogP contribution in [-0.2, 0) is 11.2 Å². The predicted molar refractivity (Wildman–Crippen MR) is 103 cm³/mol. The average Bonchev–Trinajstić information content (AvgIpc) is 3.13. The number of benzene rings is 1. The van der Waals surface area contributed by atoms with E-state index in [9.17, 15) is 4.79 Å². The molecule has 1 amide bonds. The van der Waals surface area contributed by atoms with Crippen molar-refractivity contribution in [3.05, 3.63) is 53.7 Å². The van der Waals surface area contributed by atoms with Gasteiger partial charge >= 0.3 is 0 Å². The van der Waals surface area contributed by atoms with E-state index in [0.717, 1.165) is 57.0 Å². The van der Waals surface area contributed by atoms with Gasteiger partial charge in [-0.25, -0.2) is 4.98 Å². The summed E-state index contributed by atoms with van der Waals surface area (Å²) in [5, 5.41) is 0. The fourth-order valence-electron chi connectivity index (χ4n) is 3.97. The normalized spacial score (nSPS) is 17.4. The van der Waals surface area contributed by atoms with Gasteiger partial charge in [-0.2, -0.15) is 0 Å². The van der Waals surface area contributed by atoms with Crippen molar-refractivity contribution >= 4 is 17.4 Å². The van der Waals surface area contributed by atoms with E-state index in [4.69, 9.17) is 4.74 Å². The van der Waals surface area contributed by atoms with Crippen LogP contribution < -0.4 is 9.80 Å². The van der Waals surface area contributed by atoms with E-state index in [1.807, 2.05) is 35.2 Å². The van der Waals surface area contributed by atoms with Gasteiger partial charge in [0.25, 0.3) is 5.91 Å². The molecule has 2 aliphatic heterocycles. The number of ether oxygens (including phenoxy) is 1. The predicted octanol–water partition coefficient (Wildman–Crippen LogP) is 3.15. The Morgan fingerprint density at radius 3 is 2.69 bits per heavy atom. The van der Waals surface area contributed by atoms with E-state index in [2.05, 4.69) is 16.0 Å². The molecule has 1 aromatic carbocycles. The number of fused-ring (bicyclic) bond motifs is 1. The lowest BCUT2D eigenvalue weighted by Crippen LogP contribution is -2.35. The van der Waals surface area contributed by atoms with Gasteiger partial charge in [-0.1, -0.05) is 18.2 Å². The lowest BCUT2D eigenvalue weighted by molar-refractivity contribution is 0.0989. The van der Waals surface area contributed by atoms with Gasteiger partial charge in [0.15, 0.2) is 0 Å². The zero-order valence-electron chi connectivity index (χ0n) is 15.2. The van der Waals surface area contributed by atoms with Crippen molar-refractivity contribution in [3.63, 3.8) is 0 Å². The molecule has 0 saturated carbocycles. The summed E-state index contributed by atoms with van der Waals surface area (Å²) in [5.41, 5.74) is 2.92. The Balaban J connectivity index is 1.43. The Kier molecular flexibility index (Phi) is 4.89. The number of hydrogen-bond donors (Lipinski definition) is 0. The summed E-state index contributed by atoms with van der Waals surface area (Å²) in [6, 6.07) is 12.0. The Hall–Kier alpha value is -2.40. The maximum atomic E-state index is 12.9. The highest BCUT2D eigenvalue weighted by molar-refractivity contribution is 6.07. The van der Waals surface area contributed by atoms with Crippen LogP contribution in [0.5, 0.6) is 0 Å². The second-order valence-corrected chi connectivity index (χ2v) is 7.13. The molecule has 2 aromatic rings. The number of amides is 1. The molecule has 0 unspecified atom stereocenters. The second-order valence-electron chi connectivity index (χ2n) is 7.13. The third kappa shape index (κ3) is 3.31. The van der Waals surface area contributed by atoms with Gasteiger partial charge in [-0.15, -0.1) is 0 Å². The van der Waals surface area contributed by atoms with Gasteiger partial charge in [0.1, 0.15) is 5.82 Å². The van der Waals surface area contributed by atoms with Crippen LogP contribution in [0.2, 0.25) is 0 Å². The van der Waals surface area contributed by atoms with E-state index < -0.39 is 0 Å². The van der Waals surface area contributed by atoms with E-state index in [1.54, 1.807) is 13.3 Å². The molecule has 136 valence electrons. The van der Waals surface area contributed by atoms with E-state index in [1.165, 1.54) is 5.56 Å². The summed E-state index contributed by atoms with van der Waals surface area (Å²) in [6.45, 7) is 3.57. The van der Waals surface area contributed by atoms with Crippen LogP contribution in [0.3, 0.4) is 0 Å². The number of hydrogen-bond acceptors (Lipinski definition) is 4. The number of rotatable bonds is 4.